The van der Waals surface area contributed by atoms with Crippen molar-refractivity contribution in [3.8, 4) is 5.75 Å². The van der Waals surface area contributed by atoms with E-state index < -0.39 is 11.7 Å². The highest BCUT2D eigenvalue weighted by Crippen LogP contribution is 2.32. The Hall–Kier alpha value is -2.87. The molecule has 0 radical (unpaired) electrons. The van der Waals surface area contributed by atoms with Crippen LogP contribution in [0.5, 0.6) is 5.75 Å². The standard InChI is InChI=1S/C19H14F3NO3S/c20-12-5-7-13(8-6-12)25-11-14-9-10-16(26-14)18(24)23-15-3-1-2-4-17(15)27-19(21)22/h1-10,19H,11H2,(H,23,24). The van der Waals surface area contributed by atoms with Crippen LogP contribution < -0.4 is 10.1 Å². The topological polar surface area (TPSA) is 51.5 Å². The molecule has 0 aliphatic heterocycles. The van der Waals surface area contributed by atoms with Crippen molar-refractivity contribution in [1.82, 2.24) is 0 Å². The van der Waals surface area contributed by atoms with Gasteiger partial charge in [0.05, 0.1) is 5.69 Å². The Kier molecular flexibility index (Phi) is 6.08. The van der Waals surface area contributed by atoms with Crippen LogP contribution in [-0.4, -0.2) is 11.7 Å². The number of hydrogen-bond acceptors (Lipinski definition) is 4. The summed E-state index contributed by atoms with van der Waals surface area (Å²) in [6.07, 6.45) is 0. The maximum absolute atomic E-state index is 12.9. The van der Waals surface area contributed by atoms with Gasteiger partial charge in [-0.15, -0.1) is 0 Å². The molecule has 0 spiro atoms. The smallest absolute Gasteiger partial charge is 0.291 e. The van der Waals surface area contributed by atoms with E-state index in [0.29, 0.717) is 23.3 Å². The highest BCUT2D eigenvalue weighted by Gasteiger charge is 2.15. The molecule has 2 aromatic carbocycles. The van der Waals surface area contributed by atoms with Crippen LogP contribution >= 0.6 is 11.8 Å². The fraction of sp³-hybridized carbons (Fsp3) is 0.105. The lowest BCUT2D eigenvalue weighted by Gasteiger charge is -2.09. The predicted molar refractivity (Wildman–Crippen MR) is 95.7 cm³/mol. The summed E-state index contributed by atoms with van der Waals surface area (Å²) in [6.45, 7) is 0.0523. The Morgan fingerprint density at radius 3 is 2.56 bits per heavy atom. The van der Waals surface area contributed by atoms with Gasteiger partial charge in [-0.2, -0.15) is 8.78 Å². The third-order valence-electron chi connectivity index (χ3n) is 3.43. The van der Waals surface area contributed by atoms with Gasteiger partial charge in [0.2, 0.25) is 0 Å². The lowest BCUT2D eigenvalue weighted by molar-refractivity contribution is 0.0992. The van der Waals surface area contributed by atoms with Gasteiger partial charge in [-0.3, -0.25) is 4.79 Å². The molecule has 1 N–H and O–H groups in total. The van der Waals surface area contributed by atoms with Crippen molar-refractivity contribution in [3.63, 3.8) is 0 Å². The summed E-state index contributed by atoms with van der Waals surface area (Å²) in [5.74, 6) is -2.67. The average Bonchev–Trinajstić information content (AvgIpc) is 3.12. The number of ether oxygens (including phenoxy) is 1. The van der Waals surface area contributed by atoms with Gasteiger partial charge in [0.15, 0.2) is 5.76 Å². The Morgan fingerprint density at radius 1 is 1.07 bits per heavy atom. The molecule has 3 rings (SSSR count). The first kappa shape index (κ1) is 18.9. The van der Waals surface area contributed by atoms with Gasteiger partial charge in [0.1, 0.15) is 23.9 Å². The molecule has 0 saturated heterocycles. The molecular weight excluding hydrogens is 379 g/mol. The van der Waals surface area contributed by atoms with Crippen LogP contribution in [0.3, 0.4) is 0 Å². The van der Waals surface area contributed by atoms with Gasteiger partial charge < -0.3 is 14.5 Å². The number of alkyl halides is 2. The number of carbonyl (C=O) groups is 1. The van der Waals surface area contributed by atoms with Gasteiger partial charge in [-0.05, 0) is 48.5 Å². The summed E-state index contributed by atoms with van der Waals surface area (Å²) in [4.78, 5) is 12.5. The van der Waals surface area contributed by atoms with Crippen molar-refractivity contribution in [2.75, 3.05) is 5.32 Å². The summed E-state index contributed by atoms with van der Waals surface area (Å²) in [7, 11) is 0. The van der Waals surface area contributed by atoms with Crippen molar-refractivity contribution in [2.24, 2.45) is 0 Å². The van der Waals surface area contributed by atoms with Crippen LogP contribution in [-0.2, 0) is 6.61 Å². The van der Waals surface area contributed by atoms with Gasteiger partial charge >= 0.3 is 0 Å². The number of nitrogens with one attached hydrogen (secondary N) is 1. The largest absolute Gasteiger partial charge is 0.486 e. The van der Waals surface area contributed by atoms with E-state index in [2.05, 4.69) is 5.32 Å². The first-order chi connectivity index (χ1) is 13.0. The molecule has 0 aliphatic rings. The molecule has 8 heteroatoms. The number of benzene rings is 2. The van der Waals surface area contributed by atoms with E-state index in [9.17, 15) is 18.0 Å². The minimum Gasteiger partial charge on any atom is -0.486 e. The molecule has 0 atom stereocenters. The molecule has 3 aromatic rings. The molecular formula is C19H14F3NO3S. The molecule has 1 amide bonds. The second-order valence-corrected chi connectivity index (χ2v) is 6.37. The monoisotopic (exact) mass is 393 g/mol. The lowest BCUT2D eigenvalue weighted by Crippen LogP contribution is -2.11. The quantitative estimate of drug-likeness (QED) is 0.534. The highest BCUT2D eigenvalue weighted by molar-refractivity contribution is 7.99. The molecule has 140 valence electrons. The van der Waals surface area contributed by atoms with E-state index in [-0.39, 0.29) is 28.8 Å². The Morgan fingerprint density at radius 2 is 1.81 bits per heavy atom. The van der Waals surface area contributed by atoms with Gasteiger partial charge in [-0.25, -0.2) is 4.39 Å². The third-order valence-corrected chi connectivity index (χ3v) is 4.22. The molecule has 0 fully saturated rings. The molecule has 0 saturated carbocycles. The van der Waals surface area contributed by atoms with Crippen LogP contribution in [0.15, 0.2) is 70.0 Å². The van der Waals surface area contributed by atoms with E-state index >= 15 is 0 Å². The molecule has 0 unspecified atom stereocenters. The van der Waals surface area contributed by atoms with Gasteiger partial charge in [0.25, 0.3) is 11.7 Å². The number of anilines is 1. The van der Waals surface area contributed by atoms with E-state index in [1.54, 1.807) is 18.2 Å². The fourth-order valence-electron chi connectivity index (χ4n) is 2.22. The van der Waals surface area contributed by atoms with E-state index in [1.165, 1.54) is 42.5 Å². The summed E-state index contributed by atoms with van der Waals surface area (Å²) >= 11 is 0.349. The second kappa shape index (κ2) is 8.68. The molecule has 4 nitrogen and oxygen atoms in total. The number of para-hydroxylation sites is 1. The first-order valence-electron chi connectivity index (χ1n) is 7.83. The van der Waals surface area contributed by atoms with Crippen LogP contribution in [0.4, 0.5) is 18.9 Å². The number of rotatable bonds is 7. The number of carbonyl (C=O) groups excluding carboxylic acids is 1. The number of furan rings is 1. The normalized spacial score (nSPS) is 10.8. The molecule has 1 heterocycles. The fourth-order valence-corrected chi connectivity index (χ4v) is 2.81. The van der Waals surface area contributed by atoms with Crippen molar-refractivity contribution in [1.29, 1.82) is 0 Å². The van der Waals surface area contributed by atoms with Crippen molar-refractivity contribution >= 4 is 23.4 Å². The summed E-state index contributed by atoms with van der Waals surface area (Å²) < 4.78 is 48.9. The zero-order chi connectivity index (χ0) is 19.2. The minimum absolute atomic E-state index is 0.0181. The summed E-state index contributed by atoms with van der Waals surface area (Å²) in [5.41, 5.74) is 0.272. The maximum atomic E-state index is 12.9. The summed E-state index contributed by atoms with van der Waals surface area (Å²) in [6, 6.07) is 14.8. The molecule has 0 bridgehead atoms. The van der Waals surface area contributed by atoms with Crippen LogP contribution in [0.1, 0.15) is 16.3 Å². The molecule has 0 aliphatic carbocycles. The average molecular weight is 393 g/mol. The second-order valence-electron chi connectivity index (χ2n) is 5.34. The minimum atomic E-state index is -2.60. The maximum Gasteiger partial charge on any atom is 0.291 e. The molecule has 27 heavy (non-hydrogen) atoms. The van der Waals surface area contributed by atoms with Gasteiger partial charge in [0, 0.05) is 4.90 Å². The zero-order valence-electron chi connectivity index (χ0n) is 13.8. The van der Waals surface area contributed by atoms with Crippen molar-refractivity contribution in [3.05, 3.63) is 78.0 Å². The van der Waals surface area contributed by atoms with Crippen LogP contribution in [0.2, 0.25) is 0 Å². The Labute approximate surface area is 157 Å². The zero-order valence-corrected chi connectivity index (χ0v) is 14.6. The number of thioether (sulfide) groups is 1. The van der Waals surface area contributed by atoms with E-state index in [4.69, 9.17) is 9.15 Å². The van der Waals surface area contributed by atoms with Gasteiger partial charge in [-0.1, -0.05) is 23.9 Å². The lowest BCUT2D eigenvalue weighted by atomic mass is 10.3. The number of halogens is 3. The highest BCUT2D eigenvalue weighted by atomic mass is 32.2. The molecule has 1 aromatic heterocycles. The van der Waals surface area contributed by atoms with Crippen molar-refractivity contribution in [2.45, 2.75) is 17.3 Å². The predicted octanol–water partition coefficient (Wildman–Crippen LogP) is 5.56. The van der Waals surface area contributed by atoms with Crippen molar-refractivity contribution < 1.29 is 27.1 Å². The SMILES string of the molecule is O=C(Nc1ccccc1SC(F)F)c1ccc(COc2ccc(F)cc2)o1. The Balaban J connectivity index is 1.62. The van der Waals surface area contributed by atoms with Crippen LogP contribution in [0.25, 0.3) is 0 Å². The number of amides is 1. The number of hydrogen-bond donors (Lipinski definition) is 1. The summed E-state index contributed by atoms with van der Waals surface area (Å²) in [5, 5.41) is 2.56. The van der Waals surface area contributed by atoms with E-state index in [0.717, 1.165) is 0 Å². The van der Waals surface area contributed by atoms with E-state index in [1.807, 2.05) is 0 Å². The van der Waals surface area contributed by atoms with Crippen LogP contribution in [0, 0.1) is 5.82 Å². The third kappa shape index (κ3) is 5.30. The Bertz CT molecular complexity index is 913. The first-order valence-corrected chi connectivity index (χ1v) is 8.71.